The van der Waals surface area contributed by atoms with Gasteiger partial charge in [0.05, 0.1) is 0 Å². The average Bonchev–Trinajstić information content (AvgIpc) is 2.66. The highest BCUT2D eigenvalue weighted by molar-refractivity contribution is 5.51. The maximum Gasteiger partial charge on any atom is 0.209 e. The maximum atomic E-state index is 2.67. The first kappa shape index (κ1) is 14.7. The van der Waals surface area contributed by atoms with Gasteiger partial charge in [-0.25, -0.2) is 9.48 Å². The summed E-state index contributed by atoms with van der Waals surface area (Å²) in [5.74, 6) is 0. The minimum absolute atomic E-state index is 0. The van der Waals surface area contributed by atoms with Crippen molar-refractivity contribution < 1.29 is 21.6 Å². The fourth-order valence-electron chi connectivity index (χ4n) is 3.26. The molecule has 1 atom stereocenters. The minimum atomic E-state index is 0. The molecule has 3 heteroatoms. The highest BCUT2D eigenvalue weighted by Crippen LogP contribution is 2.21. The van der Waals surface area contributed by atoms with Gasteiger partial charge in [0.2, 0.25) is 6.17 Å². The molecular formula is C16H23BrN2. The number of halogens is 1. The summed E-state index contributed by atoms with van der Waals surface area (Å²) >= 11 is 0. The van der Waals surface area contributed by atoms with Crippen LogP contribution in [0.15, 0.2) is 30.3 Å². The Bertz CT molecular complexity index is 416. The molecule has 1 aromatic rings. The van der Waals surface area contributed by atoms with Gasteiger partial charge in [-0.2, -0.15) is 0 Å². The van der Waals surface area contributed by atoms with Gasteiger partial charge in [-0.1, -0.05) is 30.3 Å². The molecule has 1 aromatic carbocycles. The molecule has 0 radical (unpaired) electrons. The second kappa shape index (κ2) is 7.20. The van der Waals surface area contributed by atoms with E-state index >= 15 is 0 Å². The summed E-state index contributed by atoms with van der Waals surface area (Å²) in [7, 11) is 0. The van der Waals surface area contributed by atoms with Crippen molar-refractivity contribution in [1.82, 2.24) is 4.90 Å². The van der Waals surface area contributed by atoms with Gasteiger partial charge in [0.1, 0.15) is 12.8 Å². The minimum Gasteiger partial charge on any atom is -1.00 e. The first-order valence-corrected chi connectivity index (χ1v) is 7.30. The fraction of sp³-hybridized carbons (Fsp3) is 0.562. The van der Waals surface area contributed by atoms with Crippen LogP contribution in [0.3, 0.4) is 0 Å². The molecular weight excluding hydrogens is 300 g/mol. The topological polar surface area (TPSA) is 6.25 Å². The molecule has 2 aliphatic heterocycles. The van der Waals surface area contributed by atoms with Crippen LogP contribution >= 0.6 is 0 Å². The Morgan fingerprint density at radius 2 is 1.95 bits per heavy atom. The van der Waals surface area contributed by atoms with Gasteiger partial charge in [-0.15, -0.1) is 0 Å². The van der Waals surface area contributed by atoms with Crippen molar-refractivity contribution in [2.45, 2.75) is 44.8 Å². The van der Waals surface area contributed by atoms with Crippen molar-refractivity contribution >= 4 is 6.21 Å². The predicted octanol–water partition coefficient (Wildman–Crippen LogP) is -0.120. The average molecular weight is 323 g/mol. The zero-order valence-electron chi connectivity index (χ0n) is 11.5. The molecule has 19 heavy (non-hydrogen) atoms. The van der Waals surface area contributed by atoms with Gasteiger partial charge in [0.15, 0.2) is 0 Å². The van der Waals surface area contributed by atoms with Gasteiger partial charge in [0.25, 0.3) is 0 Å². The van der Waals surface area contributed by atoms with Crippen LogP contribution in [-0.2, 0) is 6.54 Å². The van der Waals surface area contributed by atoms with Crippen LogP contribution in [0.2, 0.25) is 0 Å². The molecule has 1 unspecified atom stereocenters. The number of rotatable bonds is 2. The van der Waals surface area contributed by atoms with Crippen molar-refractivity contribution in [2.24, 2.45) is 0 Å². The van der Waals surface area contributed by atoms with Gasteiger partial charge >= 0.3 is 0 Å². The summed E-state index contributed by atoms with van der Waals surface area (Å²) in [6.07, 6.45) is 9.77. The third kappa shape index (κ3) is 3.67. The molecule has 0 aromatic heterocycles. The summed E-state index contributed by atoms with van der Waals surface area (Å²) in [6.45, 7) is 3.62. The molecule has 0 N–H and O–H groups in total. The lowest BCUT2D eigenvalue weighted by atomic mass is 10.1. The highest BCUT2D eigenvalue weighted by Gasteiger charge is 2.32. The summed E-state index contributed by atoms with van der Waals surface area (Å²) in [6, 6.07) is 10.9. The predicted molar refractivity (Wildman–Crippen MR) is 74.9 cm³/mol. The van der Waals surface area contributed by atoms with Crippen molar-refractivity contribution in [3.05, 3.63) is 35.9 Å². The zero-order valence-corrected chi connectivity index (χ0v) is 13.1. The van der Waals surface area contributed by atoms with E-state index in [9.17, 15) is 0 Å². The largest absolute Gasteiger partial charge is 1.00 e. The van der Waals surface area contributed by atoms with E-state index in [1.807, 2.05) is 0 Å². The molecule has 2 nitrogen and oxygen atoms in total. The van der Waals surface area contributed by atoms with Crippen molar-refractivity contribution in [1.29, 1.82) is 0 Å². The molecule has 3 rings (SSSR count). The third-order valence-electron chi connectivity index (χ3n) is 4.17. The van der Waals surface area contributed by atoms with E-state index in [-0.39, 0.29) is 17.0 Å². The van der Waals surface area contributed by atoms with E-state index < -0.39 is 0 Å². The Balaban J connectivity index is 0.00000133. The first-order chi connectivity index (χ1) is 8.93. The summed E-state index contributed by atoms with van der Waals surface area (Å²) in [5.41, 5.74) is 1.45. The van der Waals surface area contributed by atoms with Crippen LogP contribution < -0.4 is 17.0 Å². The maximum absolute atomic E-state index is 2.67. The Kier molecular flexibility index (Phi) is 5.59. The molecule has 0 amide bonds. The van der Waals surface area contributed by atoms with Gasteiger partial charge in [-0.05, 0) is 18.4 Å². The zero-order chi connectivity index (χ0) is 12.2. The number of hydrogen-bond acceptors (Lipinski definition) is 1. The van der Waals surface area contributed by atoms with Gasteiger partial charge in [0, 0.05) is 32.4 Å². The van der Waals surface area contributed by atoms with Crippen LogP contribution in [0.1, 0.15) is 37.7 Å². The molecule has 0 aliphatic carbocycles. The standard InChI is InChI=1S/C16H23N2.BrH/c1-3-8-15(9-4-1)14-18-13-7-12-17-11-6-2-5-10-16(17)18;/h1,3-4,8-9,11,16H,2,5-7,10,12-14H2;1H/q+1;/p-1. The molecule has 0 saturated carbocycles. The summed E-state index contributed by atoms with van der Waals surface area (Å²) in [4.78, 5) is 2.67. The SMILES string of the molecule is C1=[N+]2CCCN(Cc3ccccc3)C2CCCC1.[Br-]. The Morgan fingerprint density at radius 3 is 2.79 bits per heavy atom. The third-order valence-corrected chi connectivity index (χ3v) is 4.17. The van der Waals surface area contributed by atoms with Crippen molar-refractivity contribution in [2.75, 3.05) is 13.1 Å². The smallest absolute Gasteiger partial charge is 0.209 e. The highest BCUT2D eigenvalue weighted by atomic mass is 79.9. The van der Waals surface area contributed by atoms with E-state index in [0.29, 0.717) is 6.17 Å². The van der Waals surface area contributed by atoms with E-state index in [1.54, 1.807) is 0 Å². The van der Waals surface area contributed by atoms with Crippen molar-refractivity contribution in [3.63, 3.8) is 0 Å². The molecule has 1 fully saturated rings. The first-order valence-electron chi connectivity index (χ1n) is 7.30. The number of fused-ring (bicyclic) bond motifs is 1. The van der Waals surface area contributed by atoms with Crippen LogP contribution in [0.25, 0.3) is 0 Å². The monoisotopic (exact) mass is 322 g/mol. The molecule has 2 aliphatic rings. The Morgan fingerprint density at radius 1 is 1.11 bits per heavy atom. The summed E-state index contributed by atoms with van der Waals surface area (Å²) < 4.78 is 2.60. The Labute approximate surface area is 126 Å². The van der Waals surface area contributed by atoms with Gasteiger partial charge < -0.3 is 17.0 Å². The van der Waals surface area contributed by atoms with Crippen LogP contribution in [-0.4, -0.2) is 34.9 Å². The molecule has 0 spiro atoms. The van der Waals surface area contributed by atoms with Crippen LogP contribution in [0.5, 0.6) is 0 Å². The van der Waals surface area contributed by atoms with Crippen molar-refractivity contribution in [3.8, 4) is 0 Å². The van der Waals surface area contributed by atoms with Gasteiger partial charge in [-0.3, -0.25) is 0 Å². The molecule has 0 bridgehead atoms. The Hall–Kier alpha value is -0.670. The van der Waals surface area contributed by atoms with E-state index in [4.69, 9.17) is 0 Å². The number of hydrogen-bond donors (Lipinski definition) is 0. The molecule has 104 valence electrons. The van der Waals surface area contributed by atoms with E-state index in [2.05, 4.69) is 46.0 Å². The quantitative estimate of drug-likeness (QED) is 0.688. The lowest BCUT2D eigenvalue weighted by Crippen LogP contribution is -3.00. The van der Waals surface area contributed by atoms with E-state index in [1.165, 1.54) is 50.8 Å². The normalized spacial score (nSPS) is 23.8. The fourth-order valence-corrected chi connectivity index (χ4v) is 3.26. The lowest BCUT2D eigenvalue weighted by molar-refractivity contribution is -0.601. The second-order valence-corrected chi connectivity index (χ2v) is 5.50. The van der Waals surface area contributed by atoms with E-state index in [0.717, 1.165) is 6.54 Å². The molecule has 1 saturated heterocycles. The molecule has 2 heterocycles. The lowest BCUT2D eigenvalue weighted by Gasteiger charge is -2.32. The second-order valence-electron chi connectivity index (χ2n) is 5.50. The number of benzene rings is 1. The number of nitrogens with zero attached hydrogens (tertiary/aromatic N) is 2. The summed E-state index contributed by atoms with van der Waals surface area (Å²) in [5, 5.41) is 0. The van der Waals surface area contributed by atoms with Crippen LogP contribution in [0.4, 0.5) is 0 Å². The van der Waals surface area contributed by atoms with Crippen LogP contribution in [0, 0.1) is 0 Å².